The fraction of sp³-hybridized carbons (Fsp3) is 0.969. The molecule has 0 heterocycles. The Morgan fingerprint density at radius 2 is 0.889 bits per heavy atom. The molecular weight excluding hydrogens is 446 g/mol. The van der Waals surface area contributed by atoms with Crippen molar-refractivity contribution in [2.45, 2.75) is 193 Å². The average molecular weight is 512 g/mol. The molecule has 0 saturated heterocycles. The van der Waals surface area contributed by atoms with Gasteiger partial charge in [-0.1, -0.05) is 162 Å². The highest BCUT2D eigenvalue weighted by Crippen LogP contribution is 2.15. The van der Waals surface area contributed by atoms with Gasteiger partial charge in [0, 0.05) is 6.42 Å². The first-order valence-corrected chi connectivity index (χ1v) is 16.2. The Labute approximate surface area is 225 Å². The number of unbranched alkanes of at least 4 members (excludes halogenated alkanes) is 22. The quantitative estimate of drug-likeness (QED) is 0.0877. The highest BCUT2D eigenvalue weighted by atomic mass is 16.3. The number of aliphatic hydroxyl groups excluding tert-OH is 2. The first-order chi connectivity index (χ1) is 17.7. The van der Waals surface area contributed by atoms with E-state index in [1.54, 1.807) is 0 Å². The Morgan fingerprint density at radius 3 is 1.25 bits per heavy atom. The summed E-state index contributed by atoms with van der Waals surface area (Å²) in [6, 6.07) is -0.525. The molecule has 4 nitrogen and oxygen atoms in total. The first kappa shape index (κ1) is 35.4. The van der Waals surface area contributed by atoms with E-state index in [2.05, 4.69) is 19.2 Å². The fourth-order valence-corrected chi connectivity index (χ4v) is 5.06. The van der Waals surface area contributed by atoms with Gasteiger partial charge in [-0.15, -0.1) is 0 Å². The largest absolute Gasteiger partial charge is 0.394 e. The highest BCUT2D eigenvalue weighted by molar-refractivity contribution is 5.76. The predicted octanol–water partition coefficient (Wildman–Crippen LogP) is 9.01. The summed E-state index contributed by atoms with van der Waals surface area (Å²) in [5.41, 5.74) is 0. The van der Waals surface area contributed by atoms with Crippen LogP contribution in [0.2, 0.25) is 0 Å². The topological polar surface area (TPSA) is 69.6 Å². The van der Waals surface area contributed by atoms with Crippen molar-refractivity contribution in [2.75, 3.05) is 6.61 Å². The van der Waals surface area contributed by atoms with Gasteiger partial charge in [0.15, 0.2) is 0 Å². The Hall–Kier alpha value is -0.610. The van der Waals surface area contributed by atoms with Crippen LogP contribution in [0.5, 0.6) is 0 Å². The lowest BCUT2D eigenvalue weighted by molar-refractivity contribution is -0.123. The lowest BCUT2D eigenvalue weighted by Crippen LogP contribution is -2.45. The van der Waals surface area contributed by atoms with E-state index in [1.165, 1.54) is 128 Å². The highest BCUT2D eigenvalue weighted by Gasteiger charge is 2.19. The summed E-state index contributed by atoms with van der Waals surface area (Å²) in [5, 5.41) is 22.9. The van der Waals surface area contributed by atoms with Crippen LogP contribution in [0.3, 0.4) is 0 Å². The van der Waals surface area contributed by atoms with Crippen molar-refractivity contribution < 1.29 is 15.0 Å². The maximum atomic E-state index is 12.2. The van der Waals surface area contributed by atoms with Crippen molar-refractivity contribution in [3.05, 3.63) is 0 Å². The van der Waals surface area contributed by atoms with Gasteiger partial charge in [0.25, 0.3) is 0 Å². The minimum atomic E-state index is -0.649. The molecule has 0 spiro atoms. The van der Waals surface area contributed by atoms with Crippen molar-refractivity contribution in [3.8, 4) is 0 Å². The van der Waals surface area contributed by atoms with E-state index in [1.807, 2.05) is 0 Å². The maximum absolute atomic E-state index is 12.2. The van der Waals surface area contributed by atoms with Crippen LogP contribution in [0.1, 0.15) is 181 Å². The molecule has 0 rings (SSSR count). The summed E-state index contributed by atoms with van der Waals surface area (Å²) in [5.74, 6) is -0.0325. The number of carbonyl (C=O) groups excluding carboxylic acids is 1. The molecule has 0 aromatic carbocycles. The molecule has 0 unspecified atom stereocenters. The van der Waals surface area contributed by atoms with Gasteiger partial charge >= 0.3 is 0 Å². The Kier molecular flexibility index (Phi) is 28.5. The van der Waals surface area contributed by atoms with Gasteiger partial charge < -0.3 is 15.5 Å². The van der Waals surface area contributed by atoms with Crippen LogP contribution < -0.4 is 5.32 Å². The standard InChI is InChI=1S/C32H65NO3/c1-3-5-7-9-11-13-14-15-16-17-18-20-22-24-26-28-32(36)33-30(29-34)31(35)27-25-23-21-19-12-10-8-6-4-2/h30-31,34-35H,3-29H2,1-2H3,(H,33,36)/t30-,31+/m0/s1. The molecule has 1 amide bonds. The molecule has 0 aliphatic heterocycles. The zero-order valence-electron chi connectivity index (χ0n) is 24.5. The summed E-state index contributed by atoms with van der Waals surface area (Å²) in [4.78, 5) is 12.2. The monoisotopic (exact) mass is 511 g/mol. The first-order valence-electron chi connectivity index (χ1n) is 16.2. The van der Waals surface area contributed by atoms with Crippen LogP contribution in [0.15, 0.2) is 0 Å². The third kappa shape index (κ3) is 25.1. The summed E-state index contributed by atoms with van der Waals surface area (Å²) in [7, 11) is 0. The number of nitrogens with one attached hydrogen (secondary N) is 1. The van der Waals surface area contributed by atoms with Crippen LogP contribution in [0.25, 0.3) is 0 Å². The second-order valence-corrected chi connectivity index (χ2v) is 11.2. The van der Waals surface area contributed by atoms with Crippen LogP contribution >= 0.6 is 0 Å². The third-order valence-corrected chi connectivity index (χ3v) is 7.62. The molecule has 2 atom stereocenters. The molecule has 0 radical (unpaired) electrons. The Bertz CT molecular complexity index is 443. The van der Waals surface area contributed by atoms with E-state index in [0.29, 0.717) is 12.8 Å². The SMILES string of the molecule is CCCCCCCCCCCCCCCCCC(=O)N[C@@H](CO)[C@H](O)CCCCCCCCCCC. The van der Waals surface area contributed by atoms with E-state index < -0.39 is 12.1 Å². The number of carbonyl (C=O) groups is 1. The minimum absolute atomic E-state index is 0.0325. The molecule has 3 N–H and O–H groups in total. The lowest BCUT2D eigenvalue weighted by atomic mass is 10.0. The van der Waals surface area contributed by atoms with Crippen molar-refractivity contribution in [2.24, 2.45) is 0 Å². The van der Waals surface area contributed by atoms with E-state index in [9.17, 15) is 15.0 Å². The van der Waals surface area contributed by atoms with Crippen molar-refractivity contribution in [3.63, 3.8) is 0 Å². The summed E-state index contributed by atoms with van der Waals surface area (Å²) >= 11 is 0. The molecule has 36 heavy (non-hydrogen) atoms. The smallest absolute Gasteiger partial charge is 0.220 e. The van der Waals surface area contributed by atoms with Crippen molar-refractivity contribution >= 4 is 5.91 Å². The van der Waals surface area contributed by atoms with Crippen molar-refractivity contribution in [1.29, 1.82) is 0 Å². The zero-order chi connectivity index (χ0) is 26.5. The normalized spacial score (nSPS) is 13.1. The average Bonchev–Trinajstić information content (AvgIpc) is 2.88. The van der Waals surface area contributed by atoms with Gasteiger partial charge in [-0.25, -0.2) is 0 Å². The van der Waals surface area contributed by atoms with Crippen LogP contribution in [-0.2, 0) is 4.79 Å². The Morgan fingerprint density at radius 1 is 0.556 bits per heavy atom. The van der Waals surface area contributed by atoms with E-state index in [-0.39, 0.29) is 12.5 Å². The van der Waals surface area contributed by atoms with Gasteiger partial charge in [-0.05, 0) is 12.8 Å². The number of hydrogen-bond donors (Lipinski definition) is 3. The number of hydrogen-bond acceptors (Lipinski definition) is 3. The minimum Gasteiger partial charge on any atom is -0.394 e. The number of aliphatic hydroxyl groups is 2. The molecule has 0 aromatic heterocycles. The molecular formula is C32H65NO3. The van der Waals surface area contributed by atoms with Crippen molar-refractivity contribution in [1.82, 2.24) is 5.32 Å². The fourth-order valence-electron chi connectivity index (χ4n) is 5.06. The zero-order valence-corrected chi connectivity index (χ0v) is 24.5. The Balaban J connectivity index is 3.54. The van der Waals surface area contributed by atoms with E-state index in [4.69, 9.17) is 0 Å². The molecule has 0 aliphatic rings. The summed E-state index contributed by atoms with van der Waals surface area (Å²) in [6.07, 6.45) is 31.5. The maximum Gasteiger partial charge on any atom is 0.220 e. The van der Waals surface area contributed by atoms with Crippen LogP contribution in [0, 0.1) is 0 Å². The molecule has 0 fully saturated rings. The van der Waals surface area contributed by atoms with E-state index in [0.717, 1.165) is 25.7 Å². The molecule has 216 valence electrons. The summed E-state index contributed by atoms with van der Waals surface area (Å²) in [6.45, 7) is 4.33. The number of rotatable bonds is 29. The molecule has 0 aliphatic carbocycles. The van der Waals surface area contributed by atoms with Gasteiger partial charge in [0.05, 0.1) is 18.8 Å². The van der Waals surface area contributed by atoms with E-state index >= 15 is 0 Å². The lowest BCUT2D eigenvalue weighted by Gasteiger charge is -2.22. The molecule has 4 heteroatoms. The van der Waals surface area contributed by atoms with Gasteiger partial charge in [0.2, 0.25) is 5.91 Å². The second kappa shape index (κ2) is 29.0. The molecule has 0 aromatic rings. The molecule has 0 bridgehead atoms. The summed E-state index contributed by atoms with van der Waals surface area (Å²) < 4.78 is 0. The molecule has 0 saturated carbocycles. The van der Waals surface area contributed by atoms with Gasteiger partial charge in [0.1, 0.15) is 0 Å². The van der Waals surface area contributed by atoms with Crippen LogP contribution in [0.4, 0.5) is 0 Å². The number of amides is 1. The van der Waals surface area contributed by atoms with Gasteiger partial charge in [-0.3, -0.25) is 4.79 Å². The predicted molar refractivity (Wildman–Crippen MR) is 156 cm³/mol. The second-order valence-electron chi connectivity index (χ2n) is 11.2. The van der Waals surface area contributed by atoms with Crippen LogP contribution in [-0.4, -0.2) is 34.9 Å². The van der Waals surface area contributed by atoms with Gasteiger partial charge in [-0.2, -0.15) is 0 Å². The third-order valence-electron chi connectivity index (χ3n) is 7.62.